The van der Waals surface area contributed by atoms with Crippen LogP contribution < -0.4 is 0 Å². The third-order valence-corrected chi connectivity index (χ3v) is 5.21. The van der Waals surface area contributed by atoms with Crippen LogP contribution in [0.2, 0.25) is 0 Å². The van der Waals surface area contributed by atoms with Crippen molar-refractivity contribution in [2.75, 3.05) is 6.61 Å². The first-order chi connectivity index (χ1) is 9.60. The minimum absolute atomic E-state index is 0.293. The fraction of sp³-hybridized carbons (Fsp3) is 0.133. The quantitative estimate of drug-likeness (QED) is 0.450. The number of ether oxygens (including phenoxy) is 1. The number of esters is 1. The summed E-state index contributed by atoms with van der Waals surface area (Å²) in [5, 5.41) is 0. The molecule has 2 aromatic carbocycles. The summed E-state index contributed by atoms with van der Waals surface area (Å²) in [6, 6.07) is 13.8. The number of benzene rings is 2. The van der Waals surface area contributed by atoms with Crippen molar-refractivity contribution in [1.29, 1.82) is 0 Å². The molecule has 0 aromatic heterocycles. The molecule has 2 aromatic rings. The van der Waals surface area contributed by atoms with Crippen LogP contribution in [0.5, 0.6) is 0 Å². The van der Waals surface area contributed by atoms with Gasteiger partial charge in [-0.05, 0) is 87.9 Å². The van der Waals surface area contributed by atoms with Gasteiger partial charge in [0.15, 0.2) is 0 Å². The van der Waals surface area contributed by atoms with Crippen molar-refractivity contribution >= 4 is 56.3 Å². The van der Waals surface area contributed by atoms with Gasteiger partial charge in [0.2, 0.25) is 0 Å². The summed E-state index contributed by atoms with van der Waals surface area (Å²) in [5.74, 6) is -0.293. The van der Waals surface area contributed by atoms with Crippen LogP contribution in [0.1, 0.15) is 17.3 Å². The Morgan fingerprint density at radius 3 is 2.55 bits per heavy atom. The monoisotopic (exact) mass is 462 g/mol. The van der Waals surface area contributed by atoms with E-state index in [0.29, 0.717) is 12.2 Å². The highest BCUT2D eigenvalue weighted by molar-refractivity contribution is 14.1. The Hall–Kier alpha value is -0.530. The largest absolute Gasteiger partial charge is 0.462 e. The molecule has 0 N–H and O–H groups in total. The first-order valence-electron chi connectivity index (χ1n) is 6.00. The molecule has 2 nitrogen and oxygen atoms in total. The van der Waals surface area contributed by atoms with Crippen LogP contribution in [-0.4, -0.2) is 12.6 Å². The third kappa shape index (κ3) is 4.23. The second-order valence-corrected chi connectivity index (χ2v) is 7.14. The Morgan fingerprint density at radius 2 is 1.95 bits per heavy atom. The second kappa shape index (κ2) is 7.47. The lowest BCUT2D eigenvalue weighted by atomic mass is 10.2. The van der Waals surface area contributed by atoms with Crippen LogP contribution in [0, 0.1) is 3.57 Å². The molecule has 0 aliphatic carbocycles. The van der Waals surface area contributed by atoms with E-state index >= 15 is 0 Å². The Balaban J connectivity index is 2.17. The number of carbonyl (C=O) groups excluding carboxylic acids is 1. The smallest absolute Gasteiger partial charge is 0.338 e. The third-order valence-electron chi connectivity index (χ3n) is 2.48. The van der Waals surface area contributed by atoms with E-state index in [2.05, 4.69) is 62.8 Å². The fourth-order valence-electron chi connectivity index (χ4n) is 1.55. The highest BCUT2D eigenvalue weighted by atomic mass is 127. The molecule has 0 saturated heterocycles. The summed E-state index contributed by atoms with van der Waals surface area (Å²) in [7, 11) is 0. The number of rotatable bonds is 4. The van der Waals surface area contributed by atoms with Gasteiger partial charge in [-0.1, -0.05) is 11.8 Å². The second-order valence-electron chi connectivity index (χ2n) is 3.92. The zero-order chi connectivity index (χ0) is 14.5. The van der Waals surface area contributed by atoms with Gasteiger partial charge in [-0.15, -0.1) is 0 Å². The summed E-state index contributed by atoms with van der Waals surface area (Å²) in [4.78, 5) is 13.9. The molecule has 0 aliphatic rings. The summed E-state index contributed by atoms with van der Waals surface area (Å²) in [6.45, 7) is 2.18. The average molecular weight is 463 g/mol. The van der Waals surface area contributed by atoms with E-state index in [1.54, 1.807) is 30.8 Å². The molecule has 0 saturated carbocycles. The molecule has 0 unspecified atom stereocenters. The Labute approximate surface area is 144 Å². The predicted molar refractivity (Wildman–Crippen MR) is 93.4 cm³/mol. The van der Waals surface area contributed by atoms with Crippen LogP contribution in [0.4, 0.5) is 0 Å². The molecule has 0 bridgehead atoms. The van der Waals surface area contributed by atoms with E-state index in [1.807, 2.05) is 6.07 Å². The van der Waals surface area contributed by atoms with Crippen LogP contribution in [0.25, 0.3) is 0 Å². The zero-order valence-corrected chi connectivity index (χ0v) is 15.3. The average Bonchev–Trinajstić information content (AvgIpc) is 2.43. The van der Waals surface area contributed by atoms with Gasteiger partial charge in [0.25, 0.3) is 0 Å². The van der Waals surface area contributed by atoms with Gasteiger partial charge < -0.3 is 4.74 Å². The van der Waals surface area contributed by atoms with Gasteiger partial charge in [0, 0.05) is 17.8 Å². The Bertz CT molecular complexity index is 614. The van der Waals surface area contributed by atoms with Gasteiger partial charge >= 0.3 is 5.97 Å². The van der Waals surface area contributed by atoms with E-state index in [9.17, 15) is 4.79 Å². The van der Waals surface area contributed by atoms with E-state index < -0.39 is 0 Å². The lowest BCUT2D eigenvalue weighted by molar-refractivity contribution is 0.0526. The number of halogens is 2. The lowest BCUT2D eigenvalue weighted by Crippen LogP contribution is -2.04. The van der Waals surface area contributed by atoms with E-state index in [1.165, 1.54) is 3.57 Å². The molecule has 0 aliphatic heterocycles. The van der Waals surface area contributed by atoms with Crippen molar-refractivity contribution in [3.8, 4) is 0 Å². The zero-order valence-electron chi connectivity index (χ0n) is 10.7. The topological polar surface area (TPSA) is 26.3 Å². The van der Waals surface area contributed by atoms with Gasteiger partial charge in [0.05, 0.1) is 12.2 Å². The molecule has 2 rings (SSSR count). The van der Waals surface area contributed by atoms with Crippen molar-refractivity contribution in [3.63, 3.8) is 0 Å². The summed E-state index contributed by atoms with van der Waals surface area (Å²) in [6.07, 6.45) is 0. The van der Waals surface area contributed by atoms with Crippen molar-refractivity contribution in [2.24, 2.45) is 0 Å². The van der Waals surface area contributed by atoms with Crippen LogP contribution in [0.3, 0.4) is 0 Å². The molecule has 0 atom stereocenters. The van der Waals surface area contributed by atoms with Gasteiger partial charge in [-0.25, -0.2) is 4.79 Å². The number of carbonyl (C=O) groups is 1. The summed E-state index contributed by atoms with van der Waals surface area (Å²) >= 11 is 7.45. The van der Waals surface area contributed by atoms with Gasteiger partial charge in [-0.2, -0.15) is 0 Å². The highest BCUT2D eigenvalue weighted by Gasteiger charge is 2.10. The normalized spacial score (nSPS) is 10.3. The van der Waals surface area contributed by atoms with Crippen molar-refractivity contribution in [3.05, 3.63) is 56.1 Å². The van der Waals surface area contributed by atoms with Crippen LogP contribution >= 0.6 is 50.3 Å². The lowest BCUT2D eigenvalue weighted by Gasteiger charge is -2.07. The van der Waals surface area contributed by atoms with E-state index in [0.717, 1.165) is 14.3 Å². The first kappa shape index (κ1) is 15.9. The van der Waals surface area contributed by atoms with E-state index in [4.69, 9.17) is 4.74 Å². The van der Waals surface area contributed by atoms with E-state index in [-0.39, 0.29) is 5.97 Å². The first-order valence-corrected chi connectivity index (χ1v) is 8.69. The number of hydrogen-bond donors (Lipinski definition) is 0. The predicted octanol–water partition coefficient (Wildman–Crippen LogP) is 5.38. The molecule has 0 spiro atoms. The van der Waals surface area contributed by atoms with Crippen LogP contribution in [0.15, 0.2) is 56.7 Å². The Morgan fingerprint density at radius 1 is 1.25 bits per heavy atom. The molecule has 0 fully saturated rings. The minimum atomic E-state index is -0.293. The molecular weight excluding hydrogens is 451 g/mol. The van der Waals surface area contributed by atoms with Crippen molar-refractivity contribution in [2.45, 2.75) is 16.7 Å². The van der Waals surface area contributed by atoms with Crippen LogP contribution in [-0.2, 0) is 4.74 Å². The molecule has 0 radical (unpaired) electrons. The molecule has 20 heavy (non-hydrogen) atoms. The van der Waals surface area contributed by atoms with Crippen molar-refractivity contribution in [1.82, 2.24) is 0 Å². The molecule has 0 heterocycles. The highest BCUT2D eigenvalue weighted by Crippen LogP contribution is 2.34. The molecular formula is C15H12BrIO2S. The maximum Gasteiger partial charge on any atom is 0.338 e. The van der Waals surface area contributed by atoms with Crippen molar-refractivity contribution < 1.29 is 9.53 Å². The minimum Gasteiger partial charge on any atom is -0.462 e. The Kier molecular flexibility index (Phi) is 5.92. The summed E-state index contributed by atoms with van der Waals surface area (Å²) in [5.41, 5.74) is 0.561. The number of hydrogen-bond acceptors (Lipinski definition) is 3. The maximum absolute atomic E-state index is 11.7. The molecule has 0 amide bonds. The maximum atomic E-state index is 11.7. The van der Waals surface area contributed by atoms with Gasteiger partial charge in [0.1, 0.15) is 0 Å². The fourth-order valence-corrected chi connectivity index (χ4v) is 3.35. The standard InChI is InChI=1S/C15H12BrIO2S/c1-2-19-15(18)10-3-8-14(13(16)9-10)20-12-6-4-11(17)5-7-12/h3-9H,2H2,1H3. The SMILES string of the molecule is CCOC(=O)c1ccc(Sc2ccc(I)cc2)c(Br)c1. The molecule has 5 heteroatoms. The molecule has 104 valence electrons. The van der Waals surface area contributed by atoms with Gasteiger partial charge in [-0.3, -0.25) is 0 Å². The summed E-state index contributed by atoms with van der Waals surface area (Å²) < 4.78 is 7.09.